The Balaban J connectivity index is 1.97. The van der Waals surface area contributed by atoms with E-state index in [2.05, 4.69) is 19.2 Å². The fourth-order valence-electron chi connectivity index (χ4n) is 2.81. The minimum Gasteiger partial charge on any atom is -0.387 e. The smallest absolute Gasteiger partial charge is 0.223 e. The highest BCUT2D eigenvalue weighted by molar-refractivity contribution is 7.17. The SMILES string of the molecule is CCCC(CCC)C(=O)NCC(O)c1csc2ccccc12. The summed E-state index contributed by atoms with van der Waals surface area (Å²) in [5.41, 5.74) is 0.906. The maximum Gasteiger partial charge on any atom is 0.223 e. The third-order valence-electron chi connectivity index (χ3n) is 3.98. The summed E-state index contributed by atoms with van der Waals surface area (Å²) in [6.07, 6.45) is 3.20. The van der Waals surface area contributed by atoms with Crippen LogP contribution in [0.25, 0.3) is 10.1 Å². The number of rotatable bonds is 8. The standard InChI is InChI=1S/C18H25NO2S/c1-3-7-13(8-4-2)18(21)19-11-16(20)15-12-22-17-10-6-5-9-14(15)17/h5-6,9-10,12-13,16,20H,3-4,7-8,11H2,1-2H3,(H,19,21). The zero-order chi connectivity index (χ0) is 15.9. The van der Waals surface area contributed by atoms with Crippen molar-refractivity contribution in [3.05, 3.63) is 35.2 Å². The Labute approximate surface area is 136 Å². The van der Waals surface area contributed by atoms with Gasteiger partial charge < -0.3 is 10.4 Å². The highest BCUT2D eigenvalue weighted by Crippen LogP contribution is 2.29. The average molecular weight is 319 g/mol. The Bertz CT molecular complexity index is 602. The molecule has 0 saturated heterocycles. The van der Waals surface area contributed by atoms with Crippen LogP contribution in [0.2, 0.25) is 0 Å². The summed E-state index contributed by atoms with van der Waals surface area (Å²) in [5, 5.41) is 16.4. The summed E-state index contributed by atoms with van der Waals surface area (Å²) in [6.45, 7) is 4.48. The first-order valence-electron chi connectivity index (χ1n) is 8.09. The second-order valence-corrected chi connectivity index (χ2v) is 6.63. The van der Waals surface area contributed by atoms with Gasteiger partial charge in [-0.25, -0.2) is 0 Å². The first kappa shape index (κ1) is 17.0. The van der Waals surface area contributed by atoms with Crippen molar-refractivity contribution < 1.29 is 9.90 Å². The predicted molar refractivity (Wildman–Crippen MR) is 93.1 cm³/mol. The molecule has 1 aromatic carbocycles. The number of fused-ring (bicyclic) bond motifs is 1. The molecular weight excluding hydrogens is 294 g/mol. The van der Waals surface area contributed by atoms with Crippen LogP contribution in [-0.2, 0) is 4.79 Å². The van der Waals surface area contributed by atoms with Gasteiger partial charge in [-0.3, -0.25) is 4.79 Å². The van der Waals surface area contributed by atoms with Crippen LogP contribution in [0.3, 0.4) is 0 Å². The van der Waals surface area contributed by atoms with Crippen molar-refractivity contribution >= 4 is 27.3 Å². The molecule has 0 aliphatic carbocycles. The lowest BCUT2D eigenvalue weighted by Gasteiger charge is -2.17. The Morgan fingerprint density at radius 2 is 1.91 bits per heavy atom. The van der Waals surface area contributed by atoms with E-state index >= 15 is 0 Å². The van der Waals surface area contributed by atoms with Gasteiger partial charge in [0, 0.05) is 22.7 Å². The van der Waals surface area contributed by atoms with Crippen molar-refractivity contribution in [1.82, 2.24) is 5.32 Å². The van der Waals surface area contributed by atoms with Gasteiger partial charge in [-0.05, 0) is 29.7 Å². The molecule has 3 nitrogen and oxygen atoms in total. The number of hydrogen-bond donors (Lipinski definition) is 2. The molecule has 0 bridgehead atoms. The van der Waals surface area contributed by atoms with Gasteiger partial charge in [0.2, 0.25) is 5.91 Å². The number of aliphatic hydroxyl groups is 1. The number of carbonyl (C=O) groups is 1. The molecule has 2 aromatic rings. The van der Waals surface area contributed by atoms with Gasteiger partial charge in [0.1, 0.15) is 0 Å². The molecule has 0 saturated carbocycles. The number of hydrogen-bond acceptors (Lipinski definition) is 3. The van der Waals surface area contributed by atoms with Crippen molar-refractivity contribution in [3.63, 3.8) is 0 Å². The molecule has 0 aliphatic rings. The Morgan fingerprint density at radius 3 is 2.59 bits per heavy atom. The van der Waals surface area contributed by atoms with E-state index in [9.17, 15) is 9.90 Å². The van der Waals surface area contributed by atoms with Gasteiger partial charge in [0.15, 0.2) is 0 Å². The highest BCUT2D eigenvalue weighted by Gasteiger charge is 2.19. The summed E-state index contributed by atoms with van der Waals surface area (Å²) in [4.78, 5) is 12.2. The van der Waals surface area contributed by atoms with E-state index in [1.165, 1.54) is 0 Å². The van der Waals surface area contributed by atoms with Crippen LogP contribution in [0.15, 0.2) is 29.6 Å². The van der Waals surface area contributed by atoms with E-state index < -0.39 is 6.10 Å². The molecule has 2 N–H and O–H groups in total. The third-order valence-corrected chi connectivity index (χ3v) is 4.97. The van der Waals surface area contributed by atoms with Crippen molar-refractivity contribution in [2.24, 2.45) is 5.92 Å². The lowest BCUT2D eigenvalue weighted by Crippen LogP contribution is -2.33. The molecule has 120 valence electrons. The molecular formula is C18H25NO2S. The first-order valence-corrected chi connectivity index (χ1v) is 8.97. The summed E-state index contributed by atoms with van der Waals surface area (Å²) in [6, 6.07) is 8.04. The fraction of sp³-hybridized carbons (Fsp3) is 0.500. The van der Waals surface area contributed by atoms with Gasteiger partial charge in [0.25, 0.3) is 0 Å². The highest BCUT2D eigenvalue weighted by atomic mass is 32.1. The van der Waals surface area contributed by atoms with Gasteiger partial charge in [0.05, 0.1) is 6.10 Å². The molecule has 4 heteroatoms. The second-order valence-electron chi connectivity index (χ2n) is 5.72. The molecule has 0 spiro atoms. The van der Waals surface area contributed by atoms with Gasteiger partial charge >= 0.3 is 0 Å². The molecule has 22 heavy (non-hydrogen) atoms. The monoisotopic (exact) mass is 319 g/mol. The third kappa shape index (κ3) is 4.08. The van der Waals surface area contributed by atoms with Crippen LogP contribution < -0.4 is 5.32 Å². The lowest BCUT2D eigenvalue weighted by molar-refractivity contribution is -0.125. The Kier molecular flexibility index (Phi) is 6.40. The molecule has 0 fully saturated rings. The maximum absolute atomic E-state index is 12.2. The molecule has 0 radical (unpaired) electrons. The first-order chi connectivity index (χ1) is 10.7. The Hall–Kier alpha value is -1.39. The number of nitrogens with one attached hydrogen (secondary N) is 1. The number of thiophene rings is 1. The minimum absolute atomic E-state index is 0.0708. The fourth-order valence-corrected chi connectivity index (χ4v) is 3.82. The van der Waals surface area contributed by atoms with E-state index in [1.807, 2.05) is 29.6 Å². The van der Waals surface area contributed by atoms with Crippen LogP contribution in [0, 0.1) is 5.92 Å². The zero-order valence-electron chi connectivity index (χ0n) is 13.3. The molecule has 1 unspecified atom stereocenters. The summed E-state index contributed by atoms with van der Waals surface area (Å²) < 4.78 is 1.16. The van der Waals surface area contributed by atoms with Crippen molar-refractivity contribution in [1.29, 1.82) is 0 Å². The van der Waals surface area contributed by atoms with Crippen LogP contribution in [0.5, 0.6) is 0 Å². The summed E-state index contributed by atoms with van der Waals surface area (Å²) >= 11 is 1.63. The summed E-state index contributed by atoms with van der Waals surface area (Å²) in [5.74, 6) is 0.142. The number of amides is 1. The van der Waals surface area contributed by atoms with E-state index in [4.69, 9.17) is 0 Å². The molecule has 2 rings (SSSR count). The van der Waals surface area contributed by atoms with E-state index in [0.717, 1.165) is 41.3 Å². The molecule has 1 aromatic heterocycles. The number of benzene rings is 1. The number of carbonyl (C=O) groups excluding carboxylic acids is 1. The van der Waals surface area contributed by atoms with E-state index in [-0.39, 0.29) is 18.4 Å². The molecule has 0 aliphatic heterocycles. The largest absolute Gasteiger partial charge is 0.387 e. The molecule has 1 heterocycles. The Morgan fingerprint density at radius 1 is 1.23 bits per heavy atom. The van der Waals surface area contributed by atoms with E-state index in [0.29, 0.717) is 0 Å². The topological polar surface area (TPSA) is 49.3 Å². The second kappa shape index (κ2) is 8.30. The van der Waals surface area contributed by atoms with Crippen molar-refractivity contribution in [3.8, 4) is 0 Å². The van der Waals surface area contributed by atoms with Crippen LogP contribution >= 0.6 is 11.3 Å². The lowest BCUT2D eigenvalue weighted by atomic mass is 9.97. The van der Waals surface area contributed by atoms with Gasteiger partial charge in [-0.2, -0.15) is 0 Å². The van der Waals surface area contributed by atoms with Crippen LogP contribution in [-0.4, -0.2) is 17.6 Å². The van der Waals surface area contributed by atoms with Crippen LogP contribution in [0.4, 0.5) is 0 Å². The zero-order valence-corrected chi connectivity index (χ0v) is 14.2. The molecule has 1 atom stereocenters. The minimum atomic E-state index is -0.649. The van der Waals surface area contributed by atoms with Gasteiger partial charge in [-0.15, -0.1) is 11.3 Å². The number of aliphatic hydroxyl groups excluding tert-OH is 1. The van der Waals surface area contributed by atoms with Crippen LogP contribution in [0.1, 0.15) is 51.2 Å². The predicted octanol–water partition coefficient (Wildman–Crippen LogP) is 4.27. The normalized spacial score (nSPS) is 12.7. The van der Waals surface area contributed by atoms with E-state index in [1.54, 1.807) is 11.3 Å². The quantitative estimate of drug-likeness (QED) is 0.763. The maximum atomic E-state index is 12.2. The summed E-state index contributed by atoms with van der Waals surface area (Å²) in [7, 11) is 0. The van der Waals surface area contributed by atoms with Crippen molar-refractivity contribution in [2.75, 3.05) is 6.54 Å². The molecule has 1 amide bonds. The van der Waals surface area contributed by atoms with Gasteiger partial charge in [-0.1, -0.05) is 44.9 Å². The average Bonchev–Trinajstić information content (AvgIpc) is 2.96. The van der Waals surface area contributed by atoms with Crippen molar-refractivity contribution in [2.45, 2.75) is 45.6 Å².